The SMILES string of the molecule is CCn1cc(S(=O)(=O)Nc2cccc(F)c2)cc1CN. The summed E-state index contributed by atoms with van der Waals surface area (Å²) in [4.78, 5) is 0.115. The fourth-order valence-corrected chi connectivity index (χ4v) is 3.02. The second-order valence-corrected chi connectivity index (χ2v) is 5.96. The molecule has 108 valence electrons. The van der Waals surface area contributed by atoms with Crippen molar-refractivity contribution in [1.29, 1.82) is 0 Å². The van der Waals surface area contributed by atoms with Crippen LogP contribution in [-0.2, 0) is 23.1 Å². The maximum Gasteiger partial charge on any atom is 0.263 e. The van der Waals surface area contributed by atoms with Crippen LogP contribution in [0.15, 0.2) is 41.4 Å². The molecule has 20 heavy (non-hydrogen) atoms. The molecule has 0 bridgehead atoms. The second kappa shape index (κ2) is 5.64. The summed E-state index contributed by atoms with van der Waals surface area (Å²) in [5, 5.41) is 0. The number of nitrogens with zero attached hydrogens (tertiary/aromatic N) is 1. The molecule has 2 rings (SSSR count). The fraction of sp³-hybridized carbons (Fsp3) is 0.231. The van der Waals surface area contributed by atoms with Gasteiger partial charge in [0.2, 0.25) is 0 Å². The summed E-state index contributed by atoms with van der Waals surface area (Å²) in [5.41, 5.74) is 6.48. The number of benzene rings is 1. The monoisotopic (exact) mass is 297 g/mol. The molecule has 0 aliphatic carbocycles. The molecule has 0 saturated carbocycles. The van der Waals surface area contributed by atoms with E-state index in [1.165, 1.54) is 30.5 Å². The van der Waals surface area contributed by atoms with E-state index in [0.717, 1.165) is 11.8 Å². The molecule has 0 atom stereocenters. The van der Waals surface area contributed by atoms with Gasteiger partial charge in [0.15, 0.2) is 0 Å². The van der Waals surface area contributed by atoms with Crippen LogP contribution in [0.4, 0.5) is 10.1 Å². The Morgan fingerprint density at radius 3 is 2.65 bits per heavy atom. The van der Waals surface area contributed by atoms with Gasteiger partial charge in [-0.25, -0.2) is 12.8 Å². The smallest absolute Gasteiger partial charge is 0.263 e. The van der Waals surface area contributed by atoms with Crippen molar-refractivity contribution >= 4 is 15.7 Å². The second-order valence-electron chi connectivity index (χ2n) is 4.27. The molecule has 0 spiro atoms. The quantitative estimate of drug-likeness (QED) is 0.885. The highest BCUT2D eigenvalue weighted by atomic mass is 32.2. The van der Waals surface area contributed by atoms with Crippen LogP contribution < -0.4 is 10.5 Å². The molecule has 0 aliphatic heterocycles. The molecule has 0 aliphatic rings. The maximum atomic E-state index is 13.1. The van der Waals surface area contributed by atoms with E-state index in [1.54, 1.807) is 4.57 Å². The number of hydrogen-bond donors (Lipinski definition) is 2. The minimum atomic E-state index is -3.74. The number of nitrogens with one attached hydrogen (secondary N) is 1. The van der Waals surface area contributed by atoms with E-state index in [-0.39, 0.29) is 17.1 Å². The predicted octanol–water partition coefficient (Wildman–Crippen LogP) is 1.91. The molecule has 0 fully saturated rings. The molecule has 0 unspecified atom stereocenters. The summed E-state index contributed by atoms with van der Waals surface area (Å²) in [5.74, 6) is -0.501. The molecule has 1 aromatic heterocycles. The molecule has 3 N–H and O–H groups in total. The number of nitrogens with two attached hydrogens (primary N) is 1. The van der Waals surface area contributed by atoms with Gasteiger partial charge in [-0.15, -0.1) is 0 Å². The standard InChI is InChI=1S/C13H16FN3O2S/c1-2-17-9-13(7-12(17)8-15)20(18,19)16-11-5-3-4-10(14)6-11/h3-7,9,16H,2,8,15H2,1H3. The highest BCUT2D eigenvalue weighted by molar-refractivity contribution is 7.92. The Kier molecular flexibility index (Phi) is 4.10. The Morgan fingerprint density at radius 1 is 1.35 bits per heavy atom. The highest BCUT2D eigenvalue weighted by Crippen LogP contribution is 2.19. The van der Waals surface area contributed by atoms with Gasteiger partial charge in [0, 0.05) is 25.0 Å². The molecule has 0 amide bonds. The summed E-state index contributed by atoms with van der Waals surface area (Å²) in [6, 6.07) is 6.82. The third-order valence-electron chi connectivity index (χ3n) is 2.90. The van der Waals surface area contributed by atoms with Crippen molar-refractivity contribution < 1.29 is 12.8 Å². The third kappa shape index (κ3) is 3.00. The predicted molar refractivity (Wildman–Crippen MR) is 75.2 cm³/mol. The molecule has 1 heterocycles. The topological polar surface area (TPSA) is 77.1 Å². The van der Waals surface area contributed by atoms with E-state index in [2.05, 4.69) is 4.72 Å². The van der Waals surface area contributed by atoms with E-state index in [4.69, 9.17) is 5.73 Å². The van der Waals surface area contributed by atoms with Crippen molar-refractivity contribution in [2.75, 3.05) is 4.72 Å². The Labute approximate surface area is 117 Å². The Bertz CT molecular complexity index is 689. The average molecular weight is 297 g/mol. The molecule has 7 heteroatoms. The number of rotatable bonds is 5. The van der Waals surface area contributed by atoms with Gasteiger partial charge in [-0.05, 0) is 31.2 Å². The van der Waals surface area contributed by atoms with E-state index >= 15 is 0 Å². The van der Waals surface area contributed by atoms with Crippen molar-refractivity contribution in [3.63, 3.8) is 0 Å². The van der Waals surface area contributed by atoms with Crippen molar-refractivity contribution in [3.8, 4) is 0 Å². The van der Waals surface area contributed by atoms with Crippen molar-refractivity contribution in [3.05, 3.63) is 48.0 Å². The van der Waals surface area contributed by atoms with E-state index in [0.29, 0.717) is 6.54 Å². The van der Waals surface area contributed by atoms with Crippen LogP contribution in [0.5, 0.6) is 0 Å². The summed E-state index contributed by atoms with van der Waals surface area (Å²) in [6.07, 6.45) is 1.52. The Balaban J connectivity index is 2.33. The first kappa shape index (κ1) is 14.5. The van der Waals surface area contributed by atoms with Crippen LogP contribution in [0, 0.1) is 5.82 Å². The summed E-state index contributed by atoms with van der Waals surface area (Å²) < 4.78 is 41.6. The van der Waals surface area contributed by atoms with Crippen molar-refractivity contribution in [1.82, 2.24) is 4.57 Å². The van der Waals surface area contributed by atoms with Crippen molar-refractivity contribution in [2.45, 2.75) is 24.9 Å². The average Bonchev–Trinajstić information content (AvgIpc) is 2.82. The van der Waals surface area contributed by atoms with Gasteiger partial charge < -0.3 is 10.3 Å². The van der Waals surface area contributed by atoms with Crippen LogP contribution in [0.1, 0.15) is 12.6 Å². The summed E-state index contributed by atoms with van der Waals surface area (Å²) >= 11 is 0. The Hall–Kier alpha value is -1.86. The molecule has 5 nitrogen and oxygen atoms in total. The molecule has 1 aromatic carbocycles. The van der Waals surface area contributed by atoms with Crippen LogP contribution >= 0.6 is 0 Å². The van der Waals surface area contributed by atoms with Crippen LogP contribution in [0.2, 0.25) is 0 Å². The first-order valence-corrected chi connectivity index (χ1v) is 7.62. The summed E-state index contributed by atoms with van der Waals surface area (Å²) in [6.45, 7) is 2.78. The largest absolute Gasteiger partial charge is 0.349 e. The lowest BCUT2D eigenvalue weighted by molar-refractivity contribution is 0.600. The van der Waals surface area contributed by atoms with E-state index in [1.807, 2.05) is 6.92 Å². The molecule has 0 saturated heterocycles. The maximum absolute atomic E-state index is 13.1. The van der Waals surface area contributed by atoms with Crippen LogP contribution in [0.25, 0.3) is 0 Å². The molecular formula is C13H16FN3O2S. The lowest BCUT2D eigenvalue weighted by Gasteiger charge is -2.06. The van der Waals surface area contributed by atoms with Gasteiger partial charge in [0.1, 0.15) is 10.7 Å². The van der Waals surface area contributed by atoms with Gasteiger partial charge in [-0.3, -0.25) is 4.72 Å². The zero-order valence-electron chi connectivity index (χ0n) is 11.0. The number of hydrogen-bond acceptors (Lipinski definition) is 3. The molecule has 2 aromatic rings. The Morgan fingerprint density at radius 2 is 2.10 bits per heavy atom. The number of halogens is 1. The fourth-order valence-electron chi connectivity index (χ4n) is 1.90. The highest BCUT2D eigenvalue weighted by Gasteiger charge is 2.18. The molecule has 0 radical (unpaired) electrons. The normalized spacial score (nSPS) is 11.6. The minimum absolute atomic E-state index is 0.115. The van der Waals surface area contributed by atoms with Gasteiger partial charge in [-0.1, -0.05) is 6.07 Å². The van der Waals surface area contributed by atoms with E-state index in [9.17, 15) is 12.8 Å². The van der Waals surface area contributed by atoms with Gasteiger partial charge in [0.05, 0.1) is 5.69 Å². The first-order valence-electron chi connectivity index (χ1n) is 6.13. The lowest BCUT2D eigenvalue weighted by Crippen LogP contribution is -2.12. The van der Waals surface area contributed by atoms with Gasteiger partial charge in [-0.2, -0.15) is 0 Å². The van der Waals surface area contributed by atoms with Gasteiger partial charge >= 0.3 is 0 Å². The summed E-state index contributed by atoms with van der Waals surface area (Å²) in [7, 11) is -3.74. The van der Waals surface area contributed by atoms with E-state index < -0.39 is 15.8 Å². The molecular weight excluding hydrogens is 281 g/mol. The minimum Gasteiger partial charge on any atom is -0.349 e. The first-order chi connectivity index (χ1) is 9.46. The number of sulfonamides is 1. The number of aryl methyl sites for hydroxylation is 1. The number of aromatic nitrogens is 1. The lowest BCUT2D eigenvalue weighted by atomic mass is 10.3. The van der Waals surface area contributed by atoms with Gasteiger partial charge in [0.25, 0.3) is 10.0 Å². The zero-order chi connectivity index (χ0) is 14.8. The zero-order valence-corrected chi connectivity index (χ0v) is 11.8. The number of anilines is 1. The van der Waals surface area contributed by atoms with Crippen molar-refractivity contribution in [2.24, 2.45) is 5.73 Å². The third-order valence-corrected chi connectivity index (χ3v) is 4.25. The van der Waals surface area contributed by atoms with Crippen LogP contribution in [0.3, 0.4) is 0 Å². The van der Waals surface area contributed by atoms with Crippen LogP contribution in [-0.4, -0.2) is 13.0 Å².